The van der Waals surface area contributed by atoms with E-state index in [-0.39, 0.29) is 35.9 Å². The molecule has 1 atom stereocenters. The predicted molar refractivity (Wildman–Crippen MR) is 188 cm³/mol. The molecular formula is C42H36Cl2F6Zr-2. The summed E-state index contributed by atoms with van der Waals surface area (Å²) in [4.78, 5) is 0. The van der Waals surface area contributed by atoms with E-state index in [9.17, 15) is 26.3 Å². The van der Waals surface area contributed by atoms with Gasteiger partial charge in [-0.15, -0.1) is 39.7 Å². The van der Waals surface area contributed by atoms with Crippen molar-refractivity contribution in [2.45, 2.75) is 40.0 Å². The summed E-state index contributed by atoms with van der Waals surface area (Å²) in [6.45, 7) is 16.5. The summed E-state index contributed by atoms with van der Waals surface area (Å²) >= 11 is 0.729. The average molecular weight is 817 g/mol. The van der Waals surface area contributed by atoms with Gasteiger partial charge in [0.15, 0.2) is 0 Å². The van der Waals surface area contributed by atoms with Gasteiger partial charge in [-0.25, -0.2) is 6.08 Å². The van der Waals surface area contributed by atoms with Crippen LogP contribution in [0.1, 0.15) is 61.1 Å². The Kier molecular flexibility index (Phi) is 15.4. The molecule has 0 saturated heterocycles. The minimum Gasteiger partial charge on any atom is -1.00 e. The monoisotopic (exact) mass is 814 g/mol. The first-order chi connectivity index (χ1) is 22.9. The van der Waals surface area contributed by atoms with Crippen molar-refractivity contribution in [1.82, 2.24) is 0 Å². The van der Waals surface area contributed by atoms with E-state index in [0.717, 1.165) is 59.6 Å². The summed E-state index contributed by atoms with van der Waals surface area (Å²) in [7, 11) is 0. The molecule has 266 valence electrons. The first-order valence-electron chi connectivity index (χ1n) is 15.5. The second-order valence-electron chi connectivity index (χ2n) is 12.7. The van der Waals surface area contributed by atoms with Gasteiger partial charge in [0.2, 0.25) is 0 Å². The molecule has 0 N–H and O–H groups in total. The molecule has 0 heterocycles. The van der Waals surface area contributed by atoms with E-state index < -0.39 is 23.5 Å². The van der Waals surface area contributed by atoms with E-state index in [1.807, 2.05) is 12.2 Å². The van der Waals surface area contributed by atoms with Gasteiger partial charge in [0, 0.05) is 0 Å². The Balaban J connectivity index is 0.000000277. The summed E-state index contributed by atoms with van der Waals surface area (Å²) in [5.74, 6) is 0.522. The van der Waals surface area contributed by atoms with Crippen molar-refractivity contribution < 1.29 is 75.4 Å². The molecule has 1 aliphatic carbocycles. The van der Waals surface area contributed by atoms with Crippen LogP contribution < -0.4 is 24.8 Å². The molecule has 9 heteroatoms. The van der Waals surface area contributed by atoms with Crippen LogP contribution in [-0.2, 0) is 36.6 Å². The zero-order chi connectivity index (χ0) is 36.1. The number of hydrogen-bond acceptors (Lipinski definition) is 0. The van der Waals surface area contributed by atoms with E-state index in [0.29, 0.717) is 14.5 Å². The van der Waals surface area contributed by atoms with Crippen molar-refractivity contribution in [1.29, 1.82) is 0 Å². The van der Waals surface area contributed by atoms with Crippen molar-refractivity contribution in [3.63, 3.8) is 0 Å². The van der Waals surface area contributed by atoms with E-state index >= 15 is 0 Å². The minimum absolute atomic E-state index is 0. The average Bonchev–Trinajstić information content (AvgIpc) is 3.67. The van der Waals surface area contributed by atoms with Gasteiger partial charge in [0.05, 0.1) is 0 Å². The number of fused-ring (bicyclic) bond motifs is 3. The van der Waals surface area contributed by atoms with Crippen LogP contribution in [0.3, 0.4) is 0 Å². The van der Waals surface area contributed by atoms with Crippen molar-refractivity contribution in [3.05, 3.63) is 161 Å². The molecule has 0 radical (unpaired) electrons. The third kappa shape index (κ3) is 11.6. The third-order valence-electron chi connectivity index (χ3n) is 7.98. The Morgan fingerprint density at radius 2 is 1.14 bits per heavy atom. The van der Waals surface area contributed by atoms with E-state index in [2.05, 4.69) is 102 Å². The topological polar surface area (TPSA) is 0 Å². The fourth-order valence-corrected chi connectivity index (χ4v) is 5.97. The van der Waals surface area contributed by atoms with Crippen LogP contribution in [0.2, 0.25) is 0 Å². The Morgan fingerprint density at radius 3 is 1.45 bits per heavy atom. The molecular weight excluding hydrogens is 781 g/mol. The van der Waals surface area contributed by atoms with Crippen molar-refractivity contribution in [2.75, 3.05) is 0 Å². The maximum absolute atomic E-state index is 12.7. The molecule has 0 fully saturated rings. The standard InChI is InChI=1S/C17H13.C15H8F6.C10H15.2ClH.Zr/c1-3-12-5-7-14-11-15-8-6-13(4-2)10-17(15)16(14)9-12;16-14(17,18)12-5-1-3-10(8-12)7-11-4-2-6-13(9-11)15(19,20)21;1-8-5-6-9(7-8)10(2,3)4;;;/h3-11H,1-2H2;1-6,8-9H;6-8H,1-4H3;2*1H;/q-1;;-1;;;+2/p-2. The molecule has 0 nitrogen and oxygen atoms in total. The molecule has 5 aromatic carbocycles. The molecule has 0 saturated carbocycles. The molecule has 0 spiro atoms. The molecule has 1 aliphatic rings. The summed E-state index contributed by atoms with van der Waals surface area (Å²) in [5, 5.41) is 5.15. The summed E-state index contributed by atoms with van der Waals surface area (Å²) in [6.07, 6.45) is 2.45. The molecule has 51 heavy (non-hydrogen) atoms. The van der Waals surface area contributed by atoms with E-state index in [1.165, 1.54) is 51.4 Å². The third-order valence-corrected chi connectivity index (χ3v) is 9.40. The molecule has 0 aliphatic heterocycles. The first kappa shape index (κ1) is 43.8. The van der Waals surface area contributed by atoms with Gasteiger partial charge in [-0.2, -0.15) is 11.6 Å². The van der Waals surface area contributed by atoms with E-state index in [1.54, 1.807) is 0 Å². The Morgan fingerprint density at radius 1 is 0.706 bits per heavy atom. The zero-order valence-electron chi connectivity index (χ0n) is 28.5. The van der Waals surface area contributed by atoms with Gasteiger partial charge in [-0.05, 0) is 11.1 Å². The maximum atomic E-state index is 12.7. The second-order valence-corrected chi connectivity index (χ2v) is 14.0. The van der Waals surface area contributed by atoms with Crippen molar-refractivity contribution >= 4 is 36.9 Å². The SMILES string of the molecule is C=Cc1ccc2[cH-]c3ccc(C=C)cc3c2c1.CC1[C-]=CC(C(C)(C)C)=C1.FC(F)(F)c1cccc([C](=[Zr+2])c2cccc(C(F)(F)F)c2)c1.[Cl-].[Cl-]. The predicted octanol–water partition coefficient (Wildman–Crippen LogP) is 6.81. The van der Waals surface area contributed by atoms with Crippen LogP contribution in [0.4, 0.5) is 26.3 Å². The second kappa shape index (κ2) is 17.9. The molecule has 0 amide bonds. The maximum Gasteiger partial charge on any atom is -1.00 e. The minimum atomic E-state index is -4.49. The number of hydrogen-bond donors (Lipinski definition) is 0. The van der Waals surface area contributed by atoms with Gasteiger partial charge in [-0.1, -0.05) is 88.6 Å². The zero-order valence-corrected chi connectivity index (χ0v) is 32.5. The summed E-state index contributed by atoms with van der Waals surface area (Å²) in [6, 6.07) is 24.3. The van der Waals surface area contributed by atoms with Gasteiger partial charge in [0.1, 0.15) is 0 Å². The van der Waals surface area contributed by atoms with Gasteiger partial charge in [-0.3, -0.25) is 6.08 Å². The van der Waals surface area contributed by atoms with Crippen LogP contribution in [0.15, 0.2) is 122 Å². The summed E-state index contributed by atoms with van der Waals surface area (Å²) in [5.41, 5.74) is 2.94. The first-order valence-corrected chi connectivity index (χ1v) is 16.8. The molecule has 0 aromatic heterocycles. The molecule has 1 unspecified atom stereocenters. The van der Waals surface area contributed by atoms with Crippen LogP contribution in [-0.4, -0.2) is 3.21 Å². The van der Waals surface area contributed by atoms with Crippen molar-refractivity contribution in [3.8, 4) is 0 Å². The number of allylic oxidation sites excluding steroid dienone is 4. The molecule has 6 rings (SSSR count). The Hall–Kier alpha value is -3.38. The Labute approximate surface area is 323 Å². The van der Waals surface area contributed by atoms with Crippen molar-refractivity contribution in [2.24, 2.45) is 11.3 Å². The number of benzene rings is 4. The van der Waals surface area contributed by atoms with Crippen LogP contribution in [0, 0.1) is 17.4 Å². The largest absolute Gasteiger partial charge is 1.00 e. The van der Waals surface area contributed by atoms with Gasteiger partial charge >= 0.3 is 137 Å². The van der Waals surface area contributed by atoms with E-state index in [4.69, 9.17) is 0 Å². The number of halogens is 8. The summed E-state index contributed by atoms with van der Waals surface area (Å²) < 4.78 is 76.7. The number of rotatable bonds is 4. The van der Waals surface area contributed by atoms with Crippen LogP contribution in [0.25, 0.3) is 33.7 Å². The fourth-order valence-electron chi connectivity index (χ4n) is 5.21. The smallest absolute Gasteiger partial charge is 1.00 e. The van der Waals surface area contributed by atoms with Crippen LogP contribution in [0.5, 0.6) is 0 Å². The molecule has 0 bridgehead atoms. The van der Waals surface area contributed by atoms with Gasteiger partial charge in [0.25, 0.3) is 0 Å². The molecule has 5 aromatic rings. The van der Waals surface area contributed by atoms with Gasteiger partial charge < -0.3 is 24.8 Å². The normalized spacial score (nSPS) is 13.9. The van der Waals surface area contributed by atoms with Crippen LogP contribution >= 0.6 is 0 Å². The number of alkyl halides is 6. The quantitative estimate of drug-likeness (QED) is 0.138. The fraction of sp³-hybridized carbons (Fsp3) is 0.190. The Bertz CT molecular complexity index is 1930.